The van der Waals surface area contributed by atoms with Crippen molar-refractivity contribution < 1.29 is 14.3 Å². The lowest BCUT2D eigenvalue weighted by Crippen LogP contribution is -2.27. The maximum atomic E-state index is 12.4. The number of methoxy groups -OCH3 is 1. The summed E-state index contributed by atoms with van der Waals surface area (Å²) in [7, 11) is 1.54. The Kier molecular flexibility index (Phi) is 6.80. The summed E-state index contributed by atoms with van der Waals surface area (Å²) in [6.45, 7) is 3.42. The van der Waals surface area contributed by atoms with Gasteiger partial charge < -0.3 is 15.0 Å². The summed E-state index contributed by atoms with van der Waals surface area (Å²) >= 11 is 7.42. The molecule has 2 heterocycles. The van der Waals surface area contributed by atoms with Crippen LogP contribution < -0.4 is 10.1 Å². The summed E-state index contributed by atoms with van der Waals surface area (Å²) in [5.74, 6) is 0.406. The lowest BCUT2D eigenvalue weighted by atomic mass is 10.2. The fraction of sp³-hybridized carbons (Fsp3) is 0.350. The average Bonchev–Trinajstić information content (AvgIpc) is 3.23. The predicted molar refractivity (Wildman–Crippen MR) is 111 cm³/mol. The van der Waals surface area contributed by atoms with Crippen LogP contribution in [0.3, 0.4) is 0 Å². The summed E-state index contributed by atoms with van der Waals surface area (Å²) in [6, 6.07) is 8.63. The Bertz CT molecular complexity index is 854. The highest BCUT2D eigenvalue weighted by Gasteiger charge is 2.20. The minimum absolute atomic E-state index is 0.0173. The standard InChI is InChI=1S/C20H22ClN3O3S/c1-13(19(25)23-15-6-7-17(27-2)16(21)11-15)28-18-8-5-14(12-22-18)20(26)24-9-3-4-10-24/h5-8,11-13H,3-4,9-10H2,1-2H3,(H,23,25). The number of ether oxygens (including phenoxy) is 1. The lowest BCUT2D eigenvalue weighted by molar-refractivity contribution is -0.115. The van der Waals surface area contributed by atoms with E-state index in [9.17, 15) is 9.59 Å². The molecule has 2 aromatic rings. The summed E-state index contributed by atoms with van der Waals surface area (Å²) in [5.41, 5.74) is 1.18. The van der Waals surface area contributed by atoms with Crippen LogP contribution in [-0.4, -0.2) is 47.1 Å². The van der Waals surface area contributed by atoms with Crippen molar-refractivity contribution in [2.75, 3.05) is 25.5 Å². The van der Waals surface area contributed by atoms with Gasteiger partial charge in [0.05, 0.1) is 28.0 Å². The Balaban J connectivity index is 1.57. The molecular formula is C20H22ClN3O3S. The molecule has 1 aromatic heterocycles. The van der Waals surface area contributed by atoms with E-state index in [1.807, 2.05) is 4.90 Å². The molecule has 0 spiro atoms. The monoisotopic (exact) mass is 419 g/mol. The molecule has 1 fully saturated rings. The first-order valence-corrected chi connectivity index (χ1v) is 10.3. The molecule has 3 rings (SSSR count). The second-order valence-electron chi connectivity index (χ2n) is 6.48. The normalized spacial score (nSPS) is 14.6. The number of rotatable bonds is 6. The quantitative estimate of drug-likeness (QED) is 0.714. The molecule has 0 bridgehead atoms. The van der Waals surface area contributed by atoms with Gasteiger partial charge in [-0.05, 0) is 50.1 Å². The number of nitrogens with one attached hydrogen (secondary N) is 1. The van der Waals surface area contributed by atoms with Crippen LogP contribution in [0.25, 0.3) is 0 Å². The summed E-state index contributed by atoms with van der Waals surface area (Å²) in [6.07, 6.45) is 3.69. The molecule has 6 nitrogen and oxygen atoms in total. The molecule has 2 amide bonds. The number of hydrogen-bond acceptors (Lipinski definition) is 5. The number of anilines is 1. The zero-order chi connectivity index (χ0) is 20.1. The number of thioether (sulfide) groups is 1. The van der Waals surface area contributed by atoms with Crippen LogP contribution in [0.4, 0.5) is 5.69 Å². The zero-order valence-electron chi connectivity index (χ0n) is 15.8. The fourth-order valence-electron chi connectivity index (χ4n) is 2.90. The third-order valence-electron chi connectivity index (χ3n) is 4.46. The molecule has 1 atom stereocenters. The van der Waals surface area contributed by atoms with Crippen molar-refractivity contribution in [1.29, 1.82) is 0 Å². The van der Waals surface area contributed by atoms with Crippen molar-refractivity contribution >= 4 is 40.9 Å². The van der Waals surface area contributed by atoms with Gasteiger partial charge in [0.15, 0.2) is 0 Å². The molecule has 1 aromatic carbocycles. The van der Waals surface area contributed by atoms with Crippen LogP contribution in [-0.2, 0) is 4.79 Å². The number of nitrogens with zero attached hydrogens (tertiary/aromatic N) is 2. The van der Waals surface area contributed by atoms with E-state index in [0.29, 0.717) is 27.0 Å². The molecule has 1 unspecified atom stereocenters. The van der Waals surface area contributed by atoms with Crippen LogP contribution in [0, 0.1) is 0 Å². The van der Waals surface area contributed by atoms with E-state index < -0.39 is 0 Å². The van der Waals surface area contributed by atoms with E-state index >= 15 is 0 Å². The van der Waals surface area contributed by atoms with Gasteiger partial charge >= 0.3 is 0 Å². The van der Waals surface area contributed by atoms with Gasteiger partial charge in [0.1, 0.15) is 5.75 Å². The van der Waals surface area contributed by atoms with E-state index in [1.54, 1.807) is 43.5 Å². The van der Waals surface area contributed by atoms with Gasteiger partial charge in [0.25, 0.3) is 5.91 Å². The Labute approximate surface area is 173 Å². The molecule has 8 heteroatoms. The molecule has 28 heavy (non-hydrogen) atoms. The highest BCUT2D eigenvalue weighted by molar-refractivity contribution is 8.00. The van der Waals surface area contributed by atoms with Crippen molar-refractivity contribution in [3.8, 4) is 5.75 Å². The van der Waals surface area contributed by atoms with Gasteiger partial charge in [0.2, 0.25) is 5.91 Å². The van der Waals surface area contributed by atoms with Crippen molar-refractivity contribution in [3.63, 3.8) is 0 Å². The van der Waals surface area contributed by atoms with Gasteiger partial charge in [-0.2, -0.15) is 0 Å². The third-order valence-corrected chi connectivity index (χ3v) is 5.81. The molecule has 0 saturated carbocycles. The topological polar surface area (TPSA) is 71.5 Å². The van der Waals surface area contributed by atoms with Gasteiger partial charge in [-0.3, -0.25) is 9.59 Å². The molecule has 148 valence electrons. The van der Waals surface area contributed by atoms with Crippen LogP contribution >= 0.6 is 23.4 Å². The Morgan fingerprint density at radius 1 is 1.25 bits per heavy atom. The van der Waals surface area contributed by atoms with Crippen molar-refractivity contribution in [2.24, 2.45) is 0 Å². The van der Waals surface area contributed by atoms with Crippen molar-refractivity contribution in [2.45, 2.75) is 30.0 Å². The number of benzene rings is 1. The lowest BCUT2D eigenvalue weighted by Gasteiger charge is -2.15. The largest absolute Gasteiger partial charge is 0.495 e. The van der Waals surface area contributed by atoms with E-state index in [2.05, 4.69) is 10.3 Å². The van der Waals surface area contributed by atoms with Crippen LogP contribution in [0.2, 0.25) is 5.02 Å². The van der Waals surface area contributed by atoms with E-state index in [1.165, 1.54) is 18.9 Å². The first-order chi connectivity index (χ1) is 13.5. The molecular weight excluding hydrogens is 398 g/mol. The van der Waals surface area contributed by atoms with Crippen LogP contribution in [0.15, 0.2) is 41.6 Å². The number of hydrogen-bond donors (Lipinski definition) is 1. The fourth-order valence-corrected chi connectivity index (χ4v) is 3.95. The van der Waals surface area contributed by atoms with Gasteiger partial charge in [0, 0.05) is 25.0 Å². The van der Waals surface area contributed by atoms with E-state index in [-0.39, 0.29) is 17.1 Å². The number of aromatic nitrogens is 1. The first-order valence-electron chi connectivity index (χ1n) is 9.04. The SMILES string of the molecule is COc1ccc(NC(=O)C(C)Sc2ccc(C(=O)N3CCCC3)cn2)cc1Cl. The number of halogens is 1. The number of carbonyl (C=O) groups excluding carboxylic acids is 2. The zero-order valence-corrected chi connectivity index (χ0v) is 17.3. The highest BCUT2D eigenvalue weighted by Crippen LogP contribution is 2.28. The molecule has 1 aliphatic rings. The van der Waals surface area contributed by atoms with Crippen molar-refractivity contribution in [3.05, 3.63) is 47.1 Å². The summed E-state index contributed by atoms with van der Waals surface area (Å²) in [4.78, 5) is 31.0. The average molecular weight is 420 g/mol. The third kappa shape index (κ3) is 4.97. The molecule has 1 N–H and O–H groups in total. The smallest absolute Gasteiger partial charge is 0.255 e. The van der Waals surface area contributed by atoms with Gasteiger partial charge in [-0.15, -0.1) is 0 Å². The molecule has 1 saturated heterocycles. The van der Waals surface area contributed by atoms with Crippen molar-refractivity contribution in [1.82, 2.24) is 9.88 Å². The minimum Gasteiger partial charge on any atom is -0.495 e. The number of likely N-dealkylation sites (tertiary alicyclic amines) is 1. The second kappa shape index (κ2) is 9.30. The van der Waals surface area contributed by atoms with Gasteiger partial charge in [-0.25, -0.2) is 4.98 Å². The maximum absolute atomic E-state index is 12.4. The second-order valence-corrected chi connectivity index (χ2v) is 8.25. The van der Waals surface area contributed by atoms with Crippen LogP contribution in [0.1, 0.15) is 30.1 Å². The first kappa shape index (κ1) is 20.5. The molecule has 0 aliphatic carbocycles. The molecule has 0 radical (unpaired) electrons. The highest BCUT2D eigenvalue weighted by atomic mass is 35.5. The Morgan fingerprint density at radius 3 is 2.61 bits per heavy atom. The van der Waals surface area contributed by atoms with E-state index in [0.717, 1.165) is 25.9 Å². The van der Waals surface area contributed by atoms with Crippen LogP contribution in [0.5, 0.6) is 5.75 Å². The molecule has 1 aliphatic heterocycles. The minimum atomic E-state index is -0.367. The maximum Gasteiger partial charge on any atom is 0.255 e. The number of carbonyl (C=O) groups is 2. The summed E-state index contributed by atoms with van der Waals surface area (Å²) < 4.78 is 5.11. The number of amides is 2. The Hall–Kier alpha value is -2.25. The summed E-state index contributed by atoms with van der Waals surface area (Å²) in [5, 5.41) is 3.58. The Morgan fingerprint density at radius 2 is 2.00 bits per heavy atom. The predicted octanol–water partition coefficient (Wildman–Crippen LogP) is 4.10. The number of pyridine rings is 1. The van der Waals surface area contributed by atoms with E-state index in [4.69, 9.17) is 16.3 Å². The van der Waals surface area contributed by atoms with Gasteiger partial charge in [-0.1, -0.05) is 23.4 Å².